The van der Waals surface area contributed by atoms with E-state index in [1.54, 1.807) is 12.1 Å². The number of methoxy groups -OCH3 is 1. The summed E-state index contributed by atoms with van der Waals surface area (Å²) in [5.74, 6) is -0.0931. The van der Waals surface area contributed by atoms with Gasteiger partial charge in [-0.2, -0.15) is 11.8 Å². The molecule has 0 aromatic heterocycles. The van der Waals surface area contributed by atoms with Gasteiger partial charge in [0.15, 0.2) is 17.3 Å². The molecule has 2 saturated heterocycles. The Kier molecular flexibility index (Phi) is 4.01. The maximum absolute atomic E-state index is 13.7. The Morgan fingerprint density at radius 2 is 2.00 bits per heavy atom. The van der Waals surface area contributed by atoms with Crippen LogP contribution >= 0.6 is 11.8 Å². The van der Waals surface area contributed by atoms with Crippen molar-refractivity contribution in [3.63, 3.8) is 0 Å². The van der Waals surface area contributed by atoms with Gasteiger partial charge >= 0.3 is 0 Å². The summed E-state index contributed by atoms with van der Waals surface area (Å²) in [6, 6.07) is 4.54. The first-order valence-electron chi connectivity index (χ1n) is 7.20. The van der Waals surface area contributed by atoms with E-state index >= 15 is 0 Å². The van der Waals surface area contributed by atoms with E-state index in [2.05, 4.69) is 11.8 Å². The highest BCUT2D eigenvalue weighted by molar-refractivity contribution is 8.00. The molecule has 0 spiro atoms. The number of rotatable bonds is 3. The van der Waals surface area contributed by atoms with Gasteiger partial charge in [-0.3, -0.25) is 4.79 Å². The summed E-state index contributed by atoms with van der Waals surface area (Å²) < 4.78 is 18.6. The van der Waals surface area contributed by atoms with Crippen LogP contribution in [0.5, 0.6) is 5.75 Å². The molecule has 2 heterocycles. The number of ketones is 1. The minimum Gasteiger partial charge on any atom is -0.494 e. The minimum atomic E-state index is -0.455. The second-order valence-electron chi connectivity index (χ2n) is 5.69. The summed E-state index contributed by atoms with van der Waals surface area (Å²) in [4.78, 5) is 12.6. The Morgan fingerprint density at radius 3 is 2.60 bits per heavy atom. The number of halogens is 1. The van der Waals surface area contributed by atoms with E-state index in [1.807, 2.05) is 0 Å². The zero-order valence-electron chi connectivity index (χ0n) is 11.6. The van der Waals surface area contributed by atoms with E-state index < -0.39 is 5.82 Å². The van der Waals surface area contributed by atoms with Crippen molar-refractivity contribution in [3.05, 3.63) is 29.6 Å². The fourth-order valence-corrected chi connectivity index (χ4v) is 5.17. The molecular formula is C16H19FO2S. The predicted molar refractivity (Wildman–Crippen MR) is 79.0 cm³/mol. The lowest BCUT2D eigenvalue weighted by Crippen LogP contribution is -2.32. The normalized spacial score (nSPS) is 29.0. The van der Waals surface area contributed by atoms with Gasteiger partial charge in [-0.1, -0.05) is 6.42 Å². The molecule has 0 saturated carbocycles. The molecular weight excluding hydrogens is 275 g/mol. The summed E-state index contributed by atoms with van der Waals surface area (Å²) in [5.41, 5.74) is 0.485. The molecule has 1 aromatic carbocycles. The summed E-state index contributed by atoms with van der Waals surface area (Å²) in [6.45, 7) is 0. The van der Waals surface area contributed by atoms with Crippen molar-refractivity contribution in [1.29, 1.82) is 0 Å². The third-order valence-electron chi connectivity index (χ3n) is 4.34. The van der Waals surface area contributed by atoms with Crippen LogP contribution in [0.1, 0.15) is 42.5 Å². The van der Waals surface area contributed by atoms with E-state index in [4.69, 9.17) is 4.74 Å². The van der Waals surface area contributed by atoms with Crippen molar-refractivity contribution < 1.29 is 13.9 Å². The minimum absolute atomic E-state index is 0.0688. The van der Waals surface area contributed by atoms with E-state index in [-0.39, 0.29) is 17.5 Å². The van der Waals surface area contributed by atoms with Crippen molar-refractivity contribution in [2.45, 2.75) is 42.6 Å². The molecule has 0 radical (unpaired) electrons. The Morgan fingerprint density at radius 1 is 1.30 bits per heavy atom. The molecule has 20 heavy (non-hydrogen) atoms. The second kappa shape index (κ2) is 5.76. The zero-order valence-corrected chi connectivity index (χ0v) is 12.4. The third-order valence-corrected chi connectivity index (χ3v) is 5.97. The number of fused-ring (bicyclic) bond motifs is 2. The number of benzene rings is 1. The van der Waals surface area contributed by atoms with Crippen molar-refractivity contribution >= 4 is 17.5 Å². The maximum Gasteiger partial charge on any atom is 0.166 e. The van der Waals surface area contributed by atoms with E-state index in [9.17, 15) is 9.18 Å². The average molecular weight is 294 g/mol. The van der Waals surface area contributed by atoms with Crippen LogP contribution in [0.25, 0.3) is 0 Å². The Balaban J connectivity index is 1.77. The zero-order chi connectivity index (χ0) is 14.1. The molecule has 2 unspecified atom stereocenters. The van der Waals surface area contributed by atoms with Crippen molar-refractivity contribution in [2.24, 2.45) is 5.92 Å². The molecule has 0 amide bonds. The molecule has 108 valence electrons. The number of ether oxygens (including phenoxy) is 1. The van der Waals surface area contributed by atoms with Gasteiger partial charge in [-0.25, -0.2) is 4.39 Å². The van der Waals surface area contributed by atoms with Gasteiger partial charge in [0, 0.05) is 22.0 Å². The molecule has 1 aromatic rings. The molecule has 2 bridgehead atoms. The van der Waals surface area contributed by atoms with E-state index in [0.29, 0.717) is 16.1 Å². The monoisotopic (exact) mass is 294 g/mol. The Hall–Kier alpha value is -1.03. The fourth-order valence-electron chi connectivity index (χ4n) is 3.33. The van der Waals surface area contributed by atoms with Crippen LogP contribution in [-0.4, -0.2) is 23.4 Å². The van der Waals surface area contributed by atoms with Crippen molar-refractivity contribution in [2.75, 3.05) is 7.11 Å². The molecule has 2 aliphatic rings. The summed E-state index contributed by atoms with van der Waals surface area (Å²) in [5, 5.41) is 1.25. The van der Waals surface area contributed by atoms with Gasteiger partial charge in [-0.05, 0) is 43.9 Å². The number of hydrogen-bond acceptors (Lipinski definition) is 3. The molecule has 0 aliphatic carbocycles. The lowest BCUT2D eigenvalue weighted by molar-refractivity contribution is 0.0896. The molecule has 3 rings (SSSR count). The van der Waals surface area contributed by atoms with Gasteiger partial charge in [-0.15, -0.1) is 0 Å². The highest BCUT2D eigenvalue weighted by atomic mass is 32.2. The van der Waals surface area contributed by atoms with Gasteiger partial charge in [0.1, 0.15) is 0 Å². The molecule has 2 fully saturated rings. The number of carbonyl (C=O) groups is 1. The van der Waals surface area contributed by atoms with Crippen LogP contribution < -0.4 is 4.74 Å². The average Bonchev–Trinajstić information content (AvgIpc) is 2.46. The first kappa shape index (κ1) is 13.9. The number of hydrogen-bond donors (Lipinski definition) is 0. The quantitative estimate of drug-likeness (QED) is 0.786. The third kappa shape index (κ3) is 2.71. The van der Waals surface area contributed by atoms with Crippen LogP contribution in [0.4, 0.5) is 4.39 Å². The van der Waals surface area contributed by atoms with Gasteiger partial charge in [0.2, 0.25) is 0 Å². The van der Waals surface area contributed by atoms with E-state index in [1.165, 1.54) is 32.4 Å². The first-order chi connectivity index (χ1) is 9.67. The molecule has 0 N–H and O–H groups in total. The Labute approximate surface area is 123 Å². The van der Waals surface area contributed by atoms with Crippen molar-refractivity contribution in [3.8, 4) is 5.75 Å². The second-order valence-corrected chi connectivity index (χ2v) is 7.30. The smallest absolute Gasteiger partial charge is 0.166 e. The van der Waals surface area contributed by atoms with Crippen LogP contribution in [0.3, 0.4) is 0 Å². The highest BCUT2D eigenvalue weighted by Gasteiger charge is 2.36. The van der Waals surface area contributed by atoms with Gasteiger partial charge < -0.3 is 4.74 Å². The maximum atomic E-state index is 13.7. The van der Waals surface area contributed by atoms with Crippen LogP contribution in [0.15, 0.2) is 18.2 Å². The summed E-state index contributed by atoms with van der Waals surface area (Å²) in [7, 11) is 1.43. The van der Waals surface area contributed by atoms with Crippen LogP contribution in [-0.2, 0) is 0 Å². The topological polar surface area (TPSA) is 26.3 Å². The largest absolute Gasteiger partial charge is 0.494 e. The first-order valence-corrected chi connectivity index (χ1v) is 8.15. The fraction of sp³-hybridized carbons (Fsp3) is 0.562. The van der Waals surface area contributed by atoms with E-state index in [0.717, 1.165) is 12.8 Å². The lowest BCUT2D eigenvalue weighted by Gasteiger charge is -2.37. The molecule has 2 nitrogen and oxygen atoms in total. The number of thioether (sulfide) groups is 1. The molecule has 2 atom stereocenters. The number of Topliss-reactive ketones (excluding diaryl/α,β-unsaturated/α-hetero) is 1. The van der Waals surface area contributed by atoms with Crippen LogP contribution in [0.2, 0.25) is 0 Å². The highest BCUT2D eigenvalue weighted by Crippen LogP contribution is 2.44. The molecule has 2 aliphatic heterocycles. The summed E-state index contributed by atoms with van der Waals surface area (Å²) >= 11 is 2.05. The van der Waals surface area contributed by atoms with Gasteiger partial charge in [0.25, 0.3) is 0 Å². The summed E-state index contributed by atoms with van der Waals surface area (Å²) in [6.07, 6.45) is 5.64. The predicted octanol–water partition coefficient (Wildman–Crippen LogP) is 4.08. The lowest BCUT2D eigenvalue weighted by atomic mass is 9.84. The van der Waals surface area contributed by atoms with Gasteiger partial charge in [0.05, 0.1) is 7.11 Å². The van der Waals surface area contributed by atoms with Crippen molar-refractivity contribution in [1.82, 2.24) is 0 Å². The molecule has 4 heteroatoms. The Bertz CT molecular complexity index is 505. The standard InChI is InChI=1S/C16H19FO2S/c1-19-15-6-5-10(9-14(15)17)16(18)11-7-12-3-2-4-13(8-11)20-12/h5-6,9,11-13H,2-4,7-8H2,1H3. The number of carbonyl (C=O) groups excluding carboxylic acids is 1. The van der Waals surface area contributed by atoms with Crippen LogP contribution in [0, 0.1) is 11.7 Å². The SMILES string of the molecule is COc1ccc(C(=O)C2CC3CCCC(C2)S3)cc1F.